The van der Waals surface area contributed by atoms with Gasteiger partial charge in [0.1, 0.15) is 18.2 Å². The summed E-state index contributed by atoms with van der Waals surface area (Å²) in [5.74, 6) is 1.10. The Morgan fingerprint density at radius 3 is 2.89 bits per heavy atom. The number of piperazine rings is 1. The molecule has 3 fully saturated rings. The van der Waals surface area contributed by atoms with Gasteiger partial charge in [-0.15, -0.1) is 0 Å². The molecule has 37 heavy (non-hydrogen) atoms. The number of nitrogens with zero attached hydrogens (tertiary/aromatic N) is 6. The van der Waals surface area contributed by atoms with Crippen molar-refractivity contribution in [2.24, 2.45) is 5.73 Å². The van der Waals surface area contributed by atoms with Crippen LogP contribution in [-0.4, -0.2) is 103 Å². The first kappa shape index (κ1) is 23.6. The maximum absolute atomic E-state index is 12.5. The minimum atomic E-state index is -0.651. The summed E-state index contributed by atoms with van der Waals surface area (Å²) in [7, 11) is 1.84. The maximum atomic E-state index is 12.5. The van der Waals surface area contributed by atoms with Crippen molar-refractivity contribution in [3.63, 3.8) is 0 Å². The zero-order valence-electron chi connectivity index (χ0n) is 21.0. The third kappa shape index (κ3) is 4.45. The van der Waals surface area contributed by atoms with Gasteiger partial charge >= 0.3 is 6.03 Å². The molecule has 2 atom stereocenters. The number of amides is 3. The van der Waals surface area contributed by atoms with E-state index in [1.165, 1.54) is 0 Å². The Balaban J connectivity index is 1.23. The van der Waals surface area contributed by atoms with Crippen LogP contribution in [0.2, 0.25) is 0 Å². The molecule has 6 rings (SSSR count). The number of benzene rings is 1. The van der Waals surface area contributed by atoms with Gasteiger partial charge in [-0.25, -0.2) is 14.8 Å². The largest absolute Gasteiger partial charge is 0.489 e. The first-order chi connectivity index (χ1) is 18.0. The number of aromatic nitrogens is 2. The second-order valence-corrected chi connectivity index (χ2v) is 10.1. The molecule has 2 aromatic rings. The van der Waals surface area contributed by atoms with Crippen molar-refractivity contribution in [1.29, 1.82) is 0 Å². The number of rotatable bonds is 5. The molecule has 3 amide bonds. The van der Waals surface area contributed by atoms with Crippen molar-refractivity contribution in [2.45, 2.75) is 24.9 Å². The number of carbonyl (C=O) groups is 2. The van der Waals surface area contributed by atoms with E-state index in [0.717, 1.165) is 69.2 Å². The number of likely N-dealkylation sites (N-methyl/N-ethyl adjacent to an activating group) is 1. The van der Waals surface area contributed by atoms with Gasteiger partial charge in [-0.2, -0.15) is 0 Å². The summed E-state index contributed by atoms with van der Waals surface area (Å²) in [6, 6.07) is 6.44. The lowest BCUT2D eigenvalue weighted by atomic mass is 10.0. The number of fused-ring (bicyclic) bond motifs is 3. The Bertz CT molecular complexity index is 1210. The molecule has 0 bridgehead atoms. The summed E-state index contributed by atoms with van der Waals surface area (Å²) in [5, 5.41) is 6.66. The number of urea groups is 1. The van der Waals surface area contributed by atoms with Gasteiger partial charge in [-0.1, -0.05) is 0 Å². The number of hydrogen-bond donors (Lipinski definition) is 3. The van der Waals surface area contributed by atoms with Gasteiger partial charge in [0.2, 0.25) is 0 Å². The molecule has 12 nitrogen and oxygen atoms in total. The molecular weight excluding hydrogens is 474 g/mol. The summed E-state index contributed by atoms with van der Waals surface area (Å²) >= 11 is 0. The molecule has 5 heterocycles. The fourth-order valence-electron chi connectivity index (χ4n) is 5.72. The zero-order chi connectivity index (χ0) is 25.5. The molecule has 0 spiro atoms. The molecular formula is C25H33N9O3. The van der Waals surface area contributed by atoms with E-state index in [0.29, 0.717) is 30.8 Å². The van der Waals surface area contributed by atoms with Crippen molar-refractivity contribution in [2.75, 3.05) is 74.6 Å². The van der Waals surface area contributed by atoms with Crippen LogP contribution in [0.25, 0.3) is 0 Å². The molecule has 196 valence electrons. The van der Waals surface area contributed by atoms with Crippen LogP contribution < -0.4 is 30.9 Å². The minimum Gasteiger partial charge on any atom is -0.489 e. The topological polar surface area (TPSA) is 132 Å². The second kappa shape index (κ2) is 9.58. The zero-order valence-corrected chi connectivity index (χ0v) is 21.0. The summed E-state index contributed by atoms with van der Waals surface area (Å²) in [5.41, 5.74) is 7.52. The summed E-state index contributed by atoms with van der Waals surface area (Å²) in [6.45, 7) is 6.36. The van der Waals surface area contributed by atoms with Gasteiger partial charge in [0.15, 0.2) is 11.5 Å². The fraction of sp³-hybridized carbons (Fsp3) is 0.520. The van der Waals surface area contributed by atoms with Crippen LogP contribution in [0.4, 0.5) is 27.8 Å². The van der Waals surface area contributed by atoms with E-state index in [-0.39, 0.29) is 17.8 Å². The number of primary amides is 1. The average Bonchev–Trinajstić information content (AvgIpc) is 3.26. The normalized spacial score (nSPS) is 23.4. The third-order valence-electron chi connectivity index (χ3n) is 7.72. The van der Waals surface area contributed by atoms with Gasteiger partial charge in [0, 0.05) is 64.6 Å². The lowest BCUT2D eigenvalue weighted by Gasteiger charge is -2.42. The van der Waals surface area contributed by atoms with E-state index in [2.05, 4.69) is 25.4 Å². The Kier molecular flexibility index (Phi) is 6.11. The van der Waals surface area contributed by atoms with Crippen LogP contribution in [-0.2, 0) is 0 Å². The van der Waals surface area contributed by atoms with Gasteiger partial charge in [-0.3, -0.25) is 4.79 Å². The van der Waals surface area contributed by atoms with Crippen LogP contribution in [0.15, 0.2) is 24.4 Å². The van der Waals surface area contributed by atoms with Crippen LogP contribution in [0.5, 0.6) is 5.75 Å². The van der Waals surface area contributed by atoms with Crippen molar-refractivity contribution >= 4 is 34.9 Å². The van der Waals surface area contributed by atoms with Crippen LogP contribution >= 0.6 is 0 Å². The van der Waals surface area contributed by atoms with E-state index in [4.69, 9.17) is 15.5 Å². The van der Waals surface area contributed by atoms with Gasteiger partial charge in [-0.05, 0) is 25.0 Å². The number of anilines is 4. The van der Waals surface area contributed by atoms with Gasteiger partial charge in [0.05, 0.1) is 24.0 Å². The molecule has 1 aromatic heterocycles. The van der Waals surface area contributed by atoms with E-state index < -0.39 is 5.91 Å². The Hall–Kier alpha value is -3.80. The number of nitrogens with two attached hydrogens (primary N) is 1. The number of nitrogens with one attached hydrogen (secondary N) is 2. The fourth-order valence-corrected chi connectivity index (χ4v) is 5.72. The van der Waals surface area contributed by atoms with Crippen molar-refractivity contribution in [3.8, 4) is 5.75 Å². The molecule has 1 aromatic carbocycles. The van der Waals surface area contributed by atoms with Gasteiger partial charge < -0.3 is 40.7 Å². The average molecular weight is 508 g/mol. The van der Waals surface area contributed by atoms with Gasteiger partial charge in [0.25, 0.3) is 5.91 Å². The first-order valence-corrected chi connectivity index (χ1v) is 12.9. The number of ether oxygens (including phenoxy) is 1. The molecule has 0 aliphatic carbocycles. The van der Waals surface area contributed by atoms with Crippen LogP contribution in [0.3, 0.4) is 0 Å². The summed E-state index contributed by atoms with van der Waals surface area (Å²) in [4.78, 5) is 42.0. The van der Waals surface area contributed by atoms with Crippen LogP contribution in [0.1, 0.15) is 23.3 Å². The predicted octanol–water partition coefficient (Wildman–Crippen LogP) is 0.826. The molecule has 4 aliphatic heterocycles. The molecule has 12 heteroatoms. The second-order valence-electron chi connectivity index (χ2n) is 10.1. The number of piperidine rings is 1. The summed E-state index contributed by atoms with van der Waals surface area (Å²) in [6.07, 6.45) is 3.48. The molecule has 0 unspecified atom stereocenters. The van der Waals surface area contributed by atoms with Crippen molar-refractivity contribution < 1.29 is 14.3 Å². The third-order valence-corrected chi connectivity index (χ3v) is 7.72. The molecule has 0 radical (unpaired) electrons. The Morgan fingerprint density at radius 2 is 2.08 bits per heavy atom. The molecule has 3 saturated heterocycles. The van der Waals surface area contributed by atoms with Crippen LogP contribution in [0, 0.1) is 0 Å². The highest BCUT2D eigenvalue weighted by molar-refractivity contribution is 5.96. The van der Waals surface area contributed by atoms with Crippen molar-refractivity contribution in [1.82, 2.24) is 25.1 Å². The number of carbonyl (C=O) groups excluding carboxylic acids is 2. The predicted molar refractivity (Wildman–Crippen MR) is 140 cm³/mol. The van der Waals surface area contributed by atoms with E-state index in [9.17, 15) is 9.59 Å². The lowest BCUT2D eigenvalue weighted by Crippen LogP contribution is -2.55. The highest BCUT2D eigenvalue weighted by Gasteiger charge is 2.35. The van der Waals surface area contributed by atoms with E-state index in [1.54, 1.807) is 11.1 Å². The smallest absolute Gasteiger partial charge is 0.320 e. The highest BCUT2D eigenvalue weighted by atomic mass is 16.5. The Morgan fingerprint density at radius 1 is 1.19 bits per heavy atom. The first-order valence-electron chi connectivity index (χ1n) is 12.9. The standard InChI is InChI=1S/C25H33N9O3/c1-31-9-10-34(25(31)36)17-3-2-7-32(14-17)21-13-28-22(23(26)35)24(30-21)29-16-4-5-19-20(11-16)37-15-18-12-27-6-8-33(18)19/h4-5,11,13,17-18,27H,2-3,6-10,12,14-15H2,1H3,(H2,26,35)(H,29,30)/t17-,18-/m1/s1. The number of hydrogen-bond acceptors (Lipinski definition) is 9. The SMILES string of the molecule is CN1CCN([C@@H]2CCCN(c3cnc(C(N)=O)c(Nc4ccc5c(c4)OC[C@H]4CNCCN54)n3)C2)C1=O. The van der Waals surface area contributed by atoms with E-state index in [1.807, 2.05) is 30.1 Å². The molecule has 4 N–H and O–H groups in total. The molecule has 0 saturated carbocycles. The van der Waals surface area contributed by atoms with Crippen molar-refractivity contribution in [3.05, 3.63) is 30.1 Å². The minimum absolute atomic E-state index is 0.0751. The monoisotopic (exact) mass is 507 g/mol. The summed E-state index contributed by atoms with van der Waals surface area (Å²) < 4.78 is 6.05. The Labute approximate surface area is 215 Å². The highest BCUT2D eigenvalue weighted by Crippen LogP contribution is 2.37. The molecule has 4 aliphatic rings. The quantitative estimate of drug-likeness (QED) is 0.538. The lowest BCUT2D eigenvalue weighted by molar-refractivity contribution is 0.0996. The van der Waals surface area contributed by atoms with E-state index >= 15 is 0 Å². The maximum Gasteiger partial charge on any atom is 0.320 e.